The maximum absolute atomic E-state index is 14.2. The number of hydrogen-bond donors (Lipinski definition) is 0. The number of hydrogen-bond acceptors (Lipinski definition) is 6. The molecule has 0 bridgehead atoms. The highest BCUT2D eigenvalue weighted by molar-refractivity contribution is 7.90. The molecule has 8 nitrogen and oxygen atoms in total. The Kier molecular flexibility index (Phi) is 4.89. The van der Waals surface area contributed by atoms with Crippen molar-refractivity contribution >= 4 is 27.1 Å². The van der Waals surface area contributed by atoms with Gasteiger partial charge in [-0.3, -0.25) is 9.69 Å². The van der Waals surface area contributed by atoms with Crippen LogP contribution in [-0.4, -0.2) is 41.6 Å². The number of fused-ring (bicyclic) bond motifs is 2. The number of sulfone groups is 1. The molecule has 5 rings (SSSR count). The highest BCUT2D eigenvalue weighted by Crippen LogP contribution is 2.35. The summed E-state index contributed by atoms with van der Waals surface area (Å²) in [6, 6.07) is 11.3. The SMILES string of the molecule is Cc1nc2ccc(-c3ccc(S(C)(=O)=O)nc3)cn2c1CN1C(=O)COc2c(F)cccc21. The average Bonchev–Trinajstić information content (AvgIpc) is 3.09. The summed E-state index contributed by atoms with van der Waals surface area (Å²) < 4.78 is 44.8. The van der Waals surface area contributed by atoms with E-state index in [1.54, 1.807) is 12.1 Å². The average molecular weight is 466 g/mol. The van der Waals surface area contributed by atoms with E-state index in [-0.39, 0.29) is 29.8 Å². The third-order valence-corrected chi connectivity index (χ3v) is 6.55. The second-order valence-corrected chi connectivity index (χ2v) is 9.77. The Labute approximate surface area is 189 Å². The molecule has 0 N–H and O–H groups in total. The van der Waals surface area contributed by atoms with Crippen LogP contribution in [0.1, 0.15) is 11.4 Å². The van der Waals surface area contributed by atoms with Crippen LogP contribution >= 0.6 is 0 Å². The van der Waals surface area contributed by atoms with Gasteiger partial charge in [0.05, 0.1) is 23.6 Å². The van der Waals surface area contributed by atoms with Crippen molar-refractivity contribution < 1.29 is 22.3 Å². The number of anilines is 1. The third kappa shape index (κ3) is 3.72. The standard InChI is InChI=1S/C23H19FN4O4S/c1-14-19(12-28-18-5-3-4-17(24)23(18)32-13-22(28)29)27-11-16(6-8-20(27)26-14)15-7-9-21(25-10-15)33(2,30)31/h3-11H,12-13H2,1-2H3. The second-order valence-electron chi connectivity index (χ2n) is 7.80. The van der Waals surface area contributed by atoms with Crippen molar-refractivity contribution in [1.29, 1.82) is 0 Å². The van der Waals surface area contributed by atoms with Crippen LogP contribution in [0.15, 0.2) is 59.9 Å². The summed E-state index contributed by atoms with van der Waals surface area (Å²) in [5.41, 5.74) is 4.09. The van der Waals surface area contributed by atoms with Gasteiger partial charge in [0.2, 0.25) is 0 Å². The summed E-state index contributed by atoms with van der Waals surface area (Å²) in [7, 11) is -3.39. The Morgan fingerprint density at radius 2 is 1.91 bits per heavy atom. The fraction of sp³-hybridized carbons (Fsp3) is 0.174. The predicted octanol–water partition coefficient (Wildman–Crippen LogP) is 3.17. The molecule has 0 radical (unpaired) electrons. The maximum atomic E-state index is 14.2. The molecule has 0 fully saturated rings. The summed E-state index contributed by atoms with van der Waals surface area (Å²) in [6.45, 7) is 1.79. The van der Waals surface area contributed by atoms with E-state index >= 15 is 0 Å². The fourth-order valence-corrected chi connectivity index (χ4v) is 4.42. The van der Waals surface area contributed by atoms with E-state index in [9.17, 15) is 17.6 Å². The number of nitrogens with zero attached hydrogens (tertiary/aromatic N) is 4. The zero-order valence-electron chi connectivity index (χ0n) is 17.8. The highest BCUT2D eigenvalue weighted by atomic mass is 32.2. The van der Waals surface area contributed by atoms with Crippen molar-refractivity contribution in [3.63, 3.8) is 0 Å². The normalized spacial score (nSPS) is 13.8. The molecule has 4 heterocycles. The number of carbonyl (C=O) groups excluding carboxylic acids is 1. The van der Waals surface area contributed by atoms with Crippen molar-refractivity contribution in [2.75, 3.05) is 17.8 Å². The van der Waals surface area contributed by atoms with Gasteiger partial charge in [-0.15, -0.1) is 0 Å². The van der Waals surface area contributed by atoms with Gasteiger partial charge in [-0.1, -0.05) is 6.07 Å². The van der Waals surface area contributed by atoms with Gasteiger partial charge in [0.15, 0.2) is 33.0 Å². The van der Waals surface area contributed by atoms with Gasteiger partial charge >= 0.3 is 0 Å². The number of pyridine rings is 2. The topological polar surface area (TPSA) is 93.9 Å². The number of aryl methyl sites for hydroxylation is 1. The van der Waals surface area contributed by atoms with Gasteiger partial charge in [0.1, 0.15) is 5.65 Å². The van der Waals surface area contributed by atoms with Gasteiger partial charge in [-0.2, -0.15) is 0 Å². The van der Waals surface area contributed by atoms with E-state index in [2.05, 4.69) is 9.97 Å². The van der Waals surface area contributed by atoms with Gasteiger partial charge in [0, 0.05) is 29.8 Å². The largest absolute Gasteiger partial charge is 0.478 e. The molecule has 0 aliphatic carbocycles. The first kappa shape index (κ1) is 21.1. The number of ether oxygens (including phenoxy) is 1. The van der Waals surface area contributed by atoms with Crippen LogP contribution in [0.2, 0.25) is 0 Å². The van der Waals surface area contributed by atoms with Crippen molar-refractivity contribution in [3.05, 3.63) is 72.1 Å². The number of aromatic nitrogens is 3. The highest BCUT2D eigenvalue weighted by Gasteiger charge is 2.29. The first-order chi connectivity index (χ1) is 15.7. The van der Waals surface area contributed by atoms with E-state index < -0.39 is 15.7 Å². The Morgan fingerprint density at radius 3 is 2.64 bits per heavy atom. The Morgan fingerprint density at radius 1 is 1.12 bits per heavy atom. The second kappa shape index (κ2) is 7.66. The number of imidazole rings is 1. The van der Waals surface area contributed by atoms with Crippen LogP contribution in [0.3, 0.4) is 0 Å². The zero-order valence-corrected chi connectivity index (χ0v) is 18.6. The Balaban J connectivity index is 1.56. The van der Waals surface area contributed by atoms with Crippen molar-refractivity contribution in [1.82, 2.24) is 14.4 Å². The number of amides is 1. The van der Waals surface area contributed by atoms with Crippen molar-refractivity contribution in [2.45, 2.75) is 18.5 Å². The molecule has 3 aromatic heterocycles. The third-order valence-electron chi connectivity index (χ3n) is 5.55. The quantitative estimate of drug-likeness (QED) is 0.459. The Bertz CT molecular complexity index is 1510. The maximum Gasteiger partial charge on any atom is 0.265 e. The summed E-state index contributed by atoms with van der Waals surface area (Å²) in [6.07, 6.45) is 4.48. The van der Waals surface area contributed by atoms with Crippen molar-refractivity contribution in [2.24, 2.45) is 0 Å². The molecule has 1 aliphatic heterocycles. The van der Waals surface area contributed by atoms with Gasteiger partial charge in [0.25, 0.3) is 5.91 Å². The summed E-state index contributed by atoms with van der Waals surface area (Å²) in [5.74, 6) is -0.743. The van der Waals surface area contributed by atoms with Crippen LogP contribution in [0.5, 0.6) is 5.75 Å². The molecule has 168 valence electrons. The summed E-state index contributed by atoms with van der Waals surface area (Å²) in [4.78, 5) is 22.8. The number of halogens is 1. The molecule has 0 spiro atoms. The lowest BCUT2D eigenvalue weighted by atomic mass is 10.1. The van der Waals surface area contributed by atoms with Crippen LogP contribution in [0.25, 0.3) is 16.8 Å². The molecule has 10 heteroatoms. The molecule has 0 saturated heterocycles. The number of para-hydroxylation sites is 1. The number of rotatable bonds is 4. The molecule has 0 saturated carbocycles. The minimum absolute atomic E-state index is 0.00298. The van der Waals surface area contributed by atoms with Crippen LogP contribution < -0.4 is 9.64 Å². The van der Waals surface area contributed by atoms with E-state index in [1.165, 1.54) is 29.3 Å². The van der Waals surface area contributed by atoms with Crippen LogP contribution in [0.4, 0.5) is 10.1 Å². The van der Waals surface area contributed by atoms with E-state index in [4.69, 9.17) is 4.74 Å². The molecule has 0 unspecified atom stereocenters. The first-order valence-electron chi connectivity index (χ1n) is 10.1. The molecular weight excluding hydrogens is 447 g/mol. The fourth-order valence-electron chi connectivity index (χ4n) is 3.86. The molecule has 4 aromatic rings. The van der Waals surface area contributed by atoms with Gasteiger partial charge < -0.3 is 9.14 Å². The van der Waals surface area contributed by atoms with Crippen LogP contribution in [0, 0.1) is 12.7 Å². The molecule has 1 aromatic carbocycles. The summed E-state index contributed by atoms with van der Waals surface area (Å²) >= 11 is 0. The van der Waals surface area contributed by atoms with E-state index in [1.807, 2.05) is 29.7 Å². The Hall–Kier alpha value is -3.79. The lowest BCUT2D eigenvalue weighted by Crippen LogP contribution is -2.39. The summed E-state index contributed by atoms with van der Waals surface area (Å²) in [5, 5.41) is 0.00298. The van der Waals surface area contributed by atoms with Gasteiger partial charge in [-0.05, 0) is 43.3 Å². The monoisotopic (exact) mass is 466 g/mol. The molecule has 33 heavy (non-hydrogen) atoms. The molecule has 1 amide bonds. The first-order valence-corrected chi connectivity index (χ1v) is 12.0. The number of benzene rings is 1. The molecule has 1 aliphatic rings. The minimum Gasteiger partial charge on any atom is -0.478 e. The lowest BCUT2D eigenvalue weighted by molar-refractivity contribution is -0.121. The molecular formula is C23H19FN4O4S. The van der Waals surface area contributed by atoms with Crippen LogP contribution in [-0.2, 0) is 21.2 Å². The smallest absolute Gasteiger partial charge is 0.265 e. The number of carbonyl (C=O) groups is 1. The van der Waals surface area contributed by atoms with E-state index in [0.29, 0.717) is 11.3 Å². The lowest BCUT2D eigenvalue weighted by Gasteiger charge is -2.29. The molecule has 0 atom stereocenters. The predicted molar refractivity (Wildman–Crippen MR) is 119 cm³/mol. The minimum atomic E-state index is -3.39. The van der Waals surface area contributed by atoms with Crippen molar-refractivity contribution in [3.8, 4) is 16.9 Å². The van der Waals surface area contributed by atoms with Gasteiger partial charge in [-0.25, -0.2) is 22.8 Å². The zero-order chi connectivity index (χ0) is 23.3. The van der Waals surface area contributed by atoms with E-state index in [0.717, 1.165) is 28.8 Å².